The fraction of sp³-hybridized carbons (Fsp3) is 0.0625. The Bertz CT molecular complexity index is 923. The van der Waals surface area contributed by atoms with E-state index in [1.807, 2.05) is 0 Å². The van der Waals surface area contributed by atoms with Gasteiger partial charge in [-0.25, -0.2) is 8.78 Å². The predicted octanol–water partition coefficient (Wildman–Crippen LogP) is 3.98. The van der Waals surface area contributed by atoms with Gasteiger partial charge in [-0.15, -0.1) is 11.3 Å². The Labute approximate surface area is 154 Å². The van der Waals surface area contributed by atoms with Crippen LogP contribution in [0.2, 0.25) is 0 Å². The second-order valence-corrected chi connectivity index (χ2v) is 7.65. The maximum absolute atomic E-state index is 13.3. The summed E-state index contributed by atoms with van der Waals surface area (Å²) in [4.78, 5) is 25.1. The number of thiophene rings is 1. The number of thiocarbonyl (C=S) groups is 1. The average Bonchev–Trinajstić information content (AvgIpc) is 3.11. The number of nitrogens with zero attached hydrogens (tertiary/aromatic N) is 1. The van der Waals surface area contributed by atoms with Crippen molar-refractivity contribution in [1.29, 1.82) is 0 Å². The number of hydrogen-bond donors (Lipinski definition) is 1. The molecule has 1 aliphatic rings. The first kappa shape index (κ1) is 17.7. The Morgan fingerprint density at radius 3 is 2.68 bits per heavy atom. The Hall–Kier alpha value is -2.10. The van der Waals surface area contributed by atoms with Gasteiger partial charge < -0.3 is 5.11 Å². The molecular formula is C16H9F2NO3S3. The Balaban J connectivity index is 1.84. The molecule has 2 heterocycles. The van der Waals surface area contributed by atoms with Crippen LogP contribution in [0.1, 0.15) is 4.88 Å². The molecule has 1 aromatic carbocycles. The zero-order valence-electron chi connectivity index (χ0n) is 12.4. The lowest BCUT2D eigenvalue weighted by Gasteiger charge is -2.09. The summed E-state index contributed by atoms with van der Waals surface area (Å²) in [6.07, 6.45) is 1.61. The molecule has 0 unspecified atom stereocenters. The van der Waals surface area contributed by atoms with Crippen LogP contribution in [-0.4, -0.2) is 32.7 Å². The molecule has 1 fully saturated rings. The van der Waals surface area contributed by atoms with Gasteiger partial charge in [0.15, 0.2) is 11.6 Å². The SMILES string of the molecule is O=C(O)CN1C(=O)/C(=C/c2cc(-c3ccc(F)c(F)c3)cs2)SC1=S. The maximum atomic E-state index is 13.3. The second-order valence-electron chi connectivity index (χ2n) is 5.03. The summed E-state index contributed by atoms with van der Waals surface area (Å²) < 4.78 is 26.5. The summed E-state index contributed by atoms with van der Waals surface area (Å²) in [5.74, 6) is -3.45. The zero-order chi connectivity index (χ0) is 18.1. The molecule has 25 heavy (non-hydrogen) atoms. The highest BCUT2D eigenvalue weighted by Gasteiger charge is 2.33. The van der Waals surface area contributed by atoms with Gasteiger partial charge in [0, 0.05) is 4.88 Å². The van der Waals surface area contributed by atoms with Crippen LogP contribution in [0.25, 0.3) is 17.2 Å². The van der Waals surface area contributed by atoms with E-state index >= 15 is 0 Å². The van der Waals surface area contributed by atoms with E-state index in [1.54, 1.807) is 17.5 Å². The quantitative estimate of drug-likeness (QED) is 0.625. The number of rotatable bonds is 4. The Kier molecular flexibility index (Phi) is 4.98. The van der Waals surface area contributed by atoms with Crippen molar-refractivity contribution in [3.8, 4) is 11.1 Å². The van der Waals surface area contributed by atoms with Crippen LogP contribution in [0, 0.1) is 11.6 Å². The minimum absolute atomic E-state index is 0.191. The number of thioether (sulfide) groups is 1. The number of aliphatic carboxylic acids is 1. The van der Waals surface area contributed by atoms with Gasteiger partial charge in [-0.2, -0.15) is 0 Å². The predicted molar refractivity (Wildman–Crippen MR) is 97.2 cm³/mol. The lowest BCUT2D eigenvalue weighted by Crippen LogP contribution is -2.33. The molecule has 1 aromatic heterocycles. The number of amides is 1. The molecule has 1 aliphatic heterocycles. The Morgan fingerprint density at radius 1 is 1.24 bits per heavy atom. The summed E-state index contributed by atoms with van der Waals surface area (Å²) in [7, 11) is 0. The van der Waals surface area contributed by atoms with Crippen LogP contribution in [0.5, 0.6) is 0 Å². The van der Waals surface area contributed by atoms with Crippen molar-refractivity contribution in [2.24, 2.45) is 0 Å². The molecule has 9 heteroatoms. The highest BCUT2D eigenvalue weighted by molar-refractivity contribution is 8.26. The van der Waals surface area contributed by atoms with E-state index in [0.717, 1.165) is 33.7 Å². The molecule has 0 radical (unpaired) electrons. The van der Waals surface area contributed by atoms with Gasteiger partial charge in [0.05, 0.1) is 4.91 Å². The number of halogens is 2. The molecule has 3 rings (SSSR count). The van der Waals surface area contributed by atoms with Crippen LogP contribution < -0.4 is 0 Å². The molecule has 4 nitrogen and oxygen atoms in total. The van der Waals surface area contributed by atoms with Gasteiger partial charge in [-0.05, 0) is 40.8 Å². The number of carbonyl (C=O) groups excluding carboxylic acids is 1. The number of carboxylic acid groups (broad SMARTS) is 1. The minimum Gasteiger partial charge on any atom is -0.480 e. The third-order valence-corrected chi connectivity index (χ3v) is 5.57. The van der Waals surface area contributed by atoms with Crippen molar-refractivity contribution in [1.82, 2.24) is 4.90 Å². The normalized spacial score (nSPS) is 16.1. The Morgan fingerprint density at radius 2 is 2.00 bits per heavy atom. The highest BCUT2D eigenvalue weighted by Crippen LogP contribution is 2.35. The van der Waals surface area contributed by atoms with E-state index < -0.39 is 30.1 Å². The number of hydrogen-bond acceptors (Lipinski definition) is 5. The van der Waals surface area contributed by atoms with E-state index in [1.165, 1.54) is 17.4 Å². The first-order chi connectivity index (χ1) is 11.8. The second kappa shape index (κ2) is 7.03. The van der Waals surface area contributed by atoms with Crippen LogP contribution in [0.4, 0.5) is 8.78 Å². The molecule has 0 bridgehead atoms. The van der Waals surface area contributed by atoms with E-state index in [-0.39, 0.29) is 4.32 Å². The lowest BCUT2D eigenvalue weighted by molar-refractivity contribution is -0.140. The van der Waals surface area contributed by atoms with Crippen molar-refractivity contribution in [3.63, 3.8) is 0 Å². The summed E-state index contributed by atoms with van der Waals surface area (Å²) in [5, 5.41) is 10.6. The summed E-state index contributed by atoms with van der Waals surface area (Å²) in [5.41, 5.74) is 1.21. The van der Waals surface area contributed by atoms with Crippen molar-refractivity contribution >= 4 is 57.6 Å². The molecule has 0 aliphatic carbocycles. The fourth-order valence-electron chi connectivity index (χ4n) is 2.16. The first-order valence-electron chi connectivity index (χ1n) is 6.86. The van der Waals surface area contributed by atoms with Gasteiger partial charge >= 0.3 is 5.97 Å². The molecule has 0 atom stereocenters. The number of benzene rings is 1. The van der Waals surface area contributed by atoms with Crippen LogP contribution in [-0.2, 0) is 9.59 Å². The van der Waals surface area contributed by atoms with Crippen molar-refractivity contribution in [3.05, 3.63) is 51.1 Å². The molecule has 0 saturated carbocycles. The van der Waals surface area contributed by atoms with E-state index in [4.69, 9.17) is 17.3 Å². The van der Waals surface area contributed by atoms with Crippen molar-refractivity contribution in [2.45, 2.75) is 0 Å². The standard InChI is InChI=1S/C16H9F2NO3S3/c17-11-2-1-8(4-12(11)18)9-3-10(24-7-9)5-13-15(22)19(6-14(20)21)16(23)25-13/h1-5,7H,6H2,(H,20,21)/b13-5-. The van der Waals surface area contributed by atoms with Gasteiger partial charge in [0.2, 0.25) is 0 Å². The third kappa shape index (κ3) is 3.78. The van der Waals surface area contributed by atoms with Gasteiger partial charge in [-0.1, -0.05) is 30.0 Å². The molecule has 128 valence electrons. The van der Waals surface area contributed by atoms with Crippen molar-refractivity contribution < 1.29 is 23.5 Å². The highest BCUT2D eigenvalue weighted by atomic mass is 32.2. The van der Waals surface area contributed by atoms with Gasteiger partial charge in [0.1, 0.15) is 10.9 Å². The zero-order valence-corrected chi connectivity index (χ0v) is 14.8. The average molecular weight is 397 g/mol. The van der Waals surface area contributed by atoms with Gasteiger partial charge in [0.25, 0.3) is 5.91 Å². The fourth-order valence-corrected chi connectivity index (χ4v) is 4.32. The van der Waals surface area contributed by atoms with Crippen LogP contribution in [0.15, 0.2) is 34.6 Å². The monoisotopic (exact) mass is 397 g/mol. The third-order valence-electron chi connectivity index (χ3n) is 3.31. The first-order valence-corrected chi connectivity index (χ1v) is 8.96. The molecule has 1 saturated heterocycles. The molecule has 1 N–H and O–H groups in total. The summed E-state index contributed by atoms with van der Waals surface area (Å²) in [6, 6.07) is 5.37. The number of carboxylic acids is 1. The lowest BCUT2D eigenvalue weighted by atomic mass is 10.1. The minimum atomic E-state index is -1.14. The van der Waals surface area contributed by atoms with Crippen LogP contribution in [0.3, 0.4) is 0 Å². The summed E-state index contributed by atoms with van der Waals surface area (Å²) >= 11 is 7.38. The van der Waals surface area contributed by atoms with Crippen LogP contribution >= 0.6 is 35.3 Å². The molecular weight excluding hydrogens is 388 g/mol. The number of carbonyl (C=O) groups is 2. The van der Waals surface area contributed by atoms with Gasteiger partial charge in [-0.3, -0.25) is 14.5 Å². The van der Waals surface area contributed by atoms with Crippen molar-refractivity contribution in [2.75, 3.05) is 6.54 Å². The molecule has 0 spiro atoms. The topological polar surface area (TPSA) is 57.6 Å². The van der Waals surface area contributed by atoms with E-state index in [9.17, 15) is 18.4 Å². The van der Waals surface area contributed by atoms with E-state index in [0.29, 0.717) is 16.0 Å². The smallest absolute Gasteiger partial charge is 0.323 e. The summed E-state index contributed by atoms with van der Waals surface area (Å²) in [6.45, 7) is -0.480. The molecule has 1 amide bonds. The largest absolute Gasteiger partial charge is 0.480 e. The molecule has 2 aromatic rings. The van der Waals surface area contributed by atoms with E-state index in [2.05, 4.69) is 0 Å². The maximum Gasteiger partial charge on any atom is 0.323 e.